The summed E-state index contributed by atoms with van der Waals surface area (Å²) in [4.78, 5) is 34.8. The van der Waals surface area contributed by atoms with Gasteiger partial charge in [-0.15, -0.1) is 0 Å². The number of hydrogen-bond acceptors (Lipinski definition) is 4. The molecule has 0 aliphatic carbocycles. The summed E-state index contributed by atoms with van der Waals surface area (Å²) in [5.74, 6) is -0.332. The van der Waals surface area contributed by atoms with Crippen LogP contribution in [-0.4, -0.2) is 28.3 Å². The van der Waals surface area contributed by atoms with Crippen molar-refractivity contribution in [1.82, 2.24) is 10.0 Å². The fraction of sp³-hybridized carbons (Fsp3) is 0.227. The summed E-state index contributed by atoms with van der Waals surface area (Å²) in [6, 6.07) is 19.8. The van der Waals surface area contributed by atoms with Gasteiger partial charge in [0.05, 0.1) is 11.2 Å². The lowest BCUT2D eigenvalue weighted by Crippen LogP contribution is -2.41. The summed E-state index contributed by atoms with van der Waals surface area (Å²) < 4.78 is 0. The summed E-state index contributed by atoms with van der Waals surface area (Å²) >= 11 is 0. The van der Waals surface area contributed by atoms with Gasteiger partial charge in [0, 0.05) is 10.9 Å². The molecule has 1 unspecified atom stereocenters. The number of hydrogen-bond donors (Lipinski definition) is 0. The summed E-state index contributed by atoms with van der Waals surface area (Å²) in [6.07, 6.45) is 2.06. The number of benzene rings is 2. The topological polar surface area (TPSA) is 59.5 Å². The zero-order chi connectivity index (χ0) is 19.1. The molecule has 0 radical (unpaired) electrons. The summed E-state index contributed by atoms with van der Waals surface area (Å²) in [5.41, 5.74) is 2.03. The quantitative estimate of drug-likeness (QED) is 0.446. The molecule has 3 aromatic rings. The van der Waals surface area contributed by atoms with Gasteiger partial charge in [0.25, 0.3) is 5.91 Å². The van der Waals surface area contributed by atoms with Crippen LogP contribution in [0.3, 0.4) is 0 Å². The standard InChI is InChI=1S/C22H22N2O3/c1-2-8-20(15-25)24(22(26)18-10-4-3-5-11-18)27-16-19-14-13-17-9-6-7-12-21(17)23-19/h3-7,9-15,20H,2,8,16H2,1H3. The zero-order valence-electron chi connectivity index (χ0n) is 15.2. The van der Waals surface area contributed by atoms with Crippen molar-refractivity contribution in [3.63, 3.8) is 0 Å². The van der Waals surface area contributed by atoms with E-state index in [-0.39, 0.29) is 12.5 Å². The number of carbonyl (C=O) groups excluding carboxylic acids is 2. The second-order valence-electron chi connectivity index (χ2n) is 6.26. The average Bonchev–Trinajstić information content (AvgIpc) is 2.73. The molecule has 1 aromatic heterocycles. The summed E-state index contributed by atoms with van der Waals surface area (Å²) in [5, 5.41) is 2.22. The Hall–Kier alpha value is -3.05. The van der Waals surface area contributed by atoms with Crippen LogP contribution in [0, 0.1) is 0 Å². The maximum absolute atomic E-state index is 12.9. The van der Waals surface area contributed by atoms with Crippen LogP contribution in [0.4, 0.5) is 0 Å². The molecule has 1 atom stereocenters. The highest BCUT2D eigenvalue weighted by atomic mass is 16.7. The molecular formula is C22H22N2O3. The fourth-order valence-corrected chi connectivity index (χ4v) is 2.87. The lowest BCUT2D eigenvalue weighted by molar-refractivity contribution is -0.164. The van der Waals surface area contributed by atoms with Crippen molar-refractivity contribution < 1.29 is 14.4 Å². The molecule has 0 aliphatic rings. The van der Waals surface area contributed by atoms with Gasteiger partial charge in [0.15, 0.2) is 0 Å². The van der Waals surface area contributed by atoms with E-state index in [9.17, 15) is 9.59 Å². The van der Waals surface area contributed by atoms with Crippen molar-refractivity contribution >= 4 is 23.1 Å². The van der Waals surface area contributed by atoms with Gasteiger partial charge in [-0.05, 0) is 30.7 Å². The van der Waals surface area contributed by atoms with Crippen LogP contribution in [0.25, 0.3) is 10.9 Å². The van der Waals surface area contributed by atoms with E-state index in [4.69, 9.17) is 4.84 Å². The Balaban J connectivity index is 1.81. The largest absolute Gasteiger partial charge is 0.301 e. The van der Waals surface area contributed by atoms with Crippen molar-refractivity contribution in [3.05, 3.63) is 78.0 Å². The molecule has 1 heterocycles. The predicted octanol–water partition coefficient (Wildman–Crippen LogP) is 4.18. The predicted molar refractivity (Wildman–Crippen MR) is 104 cm³/mol. The number of carbonyl (C=O) groups is 2. The van der Waals surface area contributed by atoms with Crippen molar-refractivity contribution in [2.45, 2.75) is 32.4 Å². The second-order valence-corrected chi connectivity index (χ2v) is 6.26. The van der Waals surface area contributed by atoms with Crippen LogP contribution in [-0.2, 0) is 16.2 Å². The van der Waals surface area contributed by atoms with E-state index in [1.807, 2.05) is 49.4 Å². The molecule has 0 N–H and O–H groups in total. The highest BCUT2D eigenvalue weighted by Crippen LogP contribution is 2.16. The smallest absolute Gasteiger partial charge is 0.278 e. The van der Waals surface area contributed by atoms with Gasteiger partial charge in [0.1, 0.15) is 18.9 Å². The Morgan fingerprint density at radius 3 is 2.56 bits per heavy atom. The normalized spacial score (nSPS) is 11.9. The Bertz CT molecular complexity index is 912. The minimum absolute atomic E-state index is 0.109. The van der Waals surface area contributed by atoms with E-state index in [1.165, 1.54) is 5.06 Å². The third-order valence-electron chi connectivity index (χ3n) is 4.27. The first-order valence-corrected chi connectivity index (χ1v) is 9.04. The van der Waals surface area contributed by atoms with Gasteiger partial charge in [-0.1, -0.05) is 55.8 Å². The second kappa shape index (κ2) is 9.05. The van der Waals surface area contributed by atoms with Crippen molar-refractivity contribution in [2.75, 3.05) is 0 Å². The molecule has 2 aromatic carbocycles. The molecule has 0 aliphatic heterocycles. The first kappa shape index (κ1) is 18.7. The molecular weight excluding hydrogens is 340 g/mol. The van der Waals surface area contributed by atoms with Gasteiger partial charge in [-0.3, -0.25) is 14.6 Å². The molecule has 0 spiro atoms. The molecule has 3 rings (SSSR count). The van der Waals surface area contributed by atoms with Gasteiger partial charge >= 0.3 is 0 Å². The van der Waals surface area contributed by atoms with Crippen LogP contribution in [0.15, 0.2) is 66.7 Å². The maximum atomic E-state index is 12.9. The Morgan fingerprint density at radius 1 is 1.07 bits per heavy atom. The Morgan fingerprint density at radius 2 is 1.81 bits per heavy atom. The van der Waals surface area contributed by atoms with Crippen LogP contribution >= 0.6 is 0 Å². The molecule has 0 bridgehead atoms. The highest BCUT2D eigenvalue weighted by Gasteiger charge is 2.25. The van der Waals surface area contributed by atoms with Crippen LogP contribution in [0.2, 0.25) is 0 Å². The van der Waals surface area contributed by atoms with E-state index < -0.39 is 6.04 Å². The Labute approximate surface area is 158 Å². The third-order valence-corrected chi connectivity index (χ3v) is 4.27. The average molecular weight is 362 g/mol. The van der Waals surface area contributed by atoms with Crippen molar-refractivity contribution in [2.24, 2.45) is 0 Å². The maximum Gasteiger partial charge on any atom is 0.278 e. The molecule has 0 saturated heterocycles. The summed E-state index contributed by atoms with van der Waals surface area (Å²) in [6.45, 7) is 2.07. The zero-order valence-corrected chi connectivity index (χ0v) is 15.2. The summed E-state index contributed by atoms with van der Waals surface area (Å²) in [7, 11) is 0. The van der Waals surface area contributed by atoms with E-state index in [0.29, 0.717) is 17.7 Å². The van der Waals surface area contributed by atoms with Gasteiger partial charge in [0.2, 0.25) is 0 Å². The minimum atomic E-state index is -0.636. The molecule has 5 heteroatoms. The molecule has 0 fully saturated rings. The van der Waals surface area contributed by atoms with Gasteiger partial charge in [-0.25, -0.2) is 5.06 Å². The van der Waals surface area contributed by atoms with E-state index in [0.717, 1.165) is 23.6 Å². The number of amides is 1. The monoisotopic (exact) mass is 362 g/mol. The Kier molecular flexibility index (Phi) is 6.28. The lowest BCUT2D eigenvalue weighted by atomic mass is 10.1. The van der Waals surface area contributed by atoms with E-state index in [1.54, 1.807) is 24.3 Å². The highest BCUT2D eigenvalue weighted by molar-refractivity contribution is 5.94. The minimum Gasteiger partial charge on any atom is -0.301 e. The molecule has 138 valence electrons. The van der Waals surface area contributed by atoms with Crippen molar-refractivity contribution in [3.8, 4) is 0 Å². The van der Waals surface area contributed by atoms with E-state index in [2.05, 4.69) is 4.98 Å². The van der Waals surface area contributed by atoms with Gasteiger partial charge < -0.3 is 4.79 Å². The first-order chi connectivity index (χ1) is 13.2. The van der Waals surface area contributed by atoms with Crippen LogP contribution < -0.4 is 0 Å². The number of fused-ring (bicyclic) bond motifs is 1. The third kappa shape index (κ3) is 4.57. The first-order valence-electron chi connectivity index (χ1n) is 9.04. The molecule has 1 amide bonds. The number of aromatic nitrogens is 1. The molecule has 0 saturated carbocycles. The number of hydroxylamine groups is 2. The van der Waals surface area contributed by atoms with Crippen molar-refractivity contribution in [1.29, 1.82) is 0 Å². The van der Waals surface area contributed by atoms with Crippen LogP contribution in [0.5, 0.6) is 0 Å². The number of para-hydroxylation sites is 1. The fourth-order valence-electron chi connectivity index (χ4n) is 2.87. The van der Waals surface area contributed by atoms with E-state index >= 15 is 0 Å². The number of nitrogens with zero attached hydrogens (tertiary/aromatic N) is 2. The molecule has 5 nitrogen and oxygen atoms in total. The number of aldehydes is 1. The lowest BCUT2D eigenvalue weighted by Gasteiger charge is -2.27. The number of pyridine rings is 1. The van der Waals surface area contributed by atoms with Gasteiger partial charge in [-0.2, -0.15) is 0 Å². The SMILES string of the molecule is CCCC(C=O)N(OCc1ccc2ccccc2n1)C(=O)c1ccccc1. The molecule has 27 heavy (non-hydrogen) atoms. The number of rotatable bonds is 8. The van der Waals surface area contributed by atoms with Crippen LogP contribution in [0.1, 0.15) is 35.8 Å².